The van der Waals surface area contributed by atoms with Crippen LogP contribution in [-0.2, 0) is 11.3 Å². The van der Waals surface area contributed by atoms with Crippen LogP contribution >= 0.6 is 0 Å². The first-order valence-corrected chi connectivity index (χ1v) is 6.54. The number of hydrogen-bond acceptors (Lipinski definition) is 3. The molecule has 102 valence electrons. The number of methoxy groups -OCH3 is 1. The molecule has 0 saturated carbocycles. The van der Waals surface area contributed by atoms with Crippen molar-refractivity contribution in [1.82, 2.24) is 0 Å². The predicted octanol–water partition coefficient (Wildman–Crippen LogP) is 3.04. The molecule has 0 atom stereocenters. The fourth-order valence-electron chi connectivity index (χ4n) is 1.84. The van der Waals surface area contributed by atoms with E-state index in [2.05, 4.69) is 26.8 Å². The number of rotatable bonds is 7. The molecule has 0 radical (unpaired) electrons. The van der Waals surface area contributed by atoms with Gasteiger partial charge in [-0.1, -0.05) is 31.5 Å². The van der Waals surface area contributed by atoms with Crippen LogP contribution in [0.15, 0.2) is 18.2 Å². The molecule has 0 fully saturated rings. The maximum absolute atomic E-state index is 6.20. The number of benzene rings is 1. The summed E-state index contributed by atoms with van der Waals surface area (Å²) >= 11 is 0. The fraction of sp³-hybridized carbons (Fsp3) is 0.600. The Labute approximate surface area is 110 Å². The summed E-state index contributed by atoms with van der Waals surface area (Å²) in [5.74, 6) is 0.871. The molecule has 18 heavy (non-hydrogen) atoms. The molecule has 1 aromatic carbocycles. The Hall–Kier alpha value is -1.06. The van der Waals surface area contributed by atoms with Gasteiger partial charge in [-0.15, -0.1) is 0 Å². The van der Waals surface area contributed by atoms with Crippen molar-refractivity contribution in [2.75, 3.05) is 13.7 Å². The van der Waals surface area contributed by atoms with Crippen molar-refractivity contribution < 1.29 is 9.47 Å². The molecule has 0 saturated heterocycles. The van der Waals surface area contributed by atoms with Crippen LogP contribution in [0.25, 0.3) is 0 Å². The lowest BCUT2D eigenvalue weighted by Crippen LogP contribution is -2.43. The van der Waals surface area contributed by atoms with E-state index in [1.165, 1.54) is 5.56 Å². The highest BCUT2D eigenvalue weighted by atomic mass is 16.5. The molecule has 0 aromatic heterocycles. The van der Waals surface area contributed by atoms with Crippen LogP contribution in [0.1, 0.15) is 37.8 Å². The SMILES string of the molecule is CCC(N)(CC)COCc1cc(C)ccc1OC. The zero-order chi connectivity index (χ0) is 13.6. The van der Waals surface area contributed by atoms with Gasteiger partial charge in [0.15, 0.2) is 0 Å². The molecule has 2 N–H and O–H groups in total. The van der Waals surface area contributed by atoms with E-state index in [9.17, 15) is 0 Å². The number of ether oxygens (including phenoxy) is 2. The minimum absolute atomic E-state index is 0.211. The summed E-state index contributed by atoms with van der Waals surface area (Å²) in [7, 11) is 1.68. The van der Waals surface area contributed by atoms with Crippen LogP contribution < -0.4 is 10.5 Å². The number of aryl methyl sites for hydroxylation is 1. The predicted molar refractivity (Wildman–Crippen MR) is 74.9 cm³/mol. The quantitative estimate of drug-likeness (QED) is 0.810. The third-order valence-corrected chi connectivity index (χ3v) is 3.49. The molecule has 0 aliphatic rings. The summed E-state index contributed by atoms with van der Waals surface area (Å²) in [6, 6.07) is 6.10. The third kappa shape index (κ3) is 4.00. The van der Waals surface area contributed by atoms with Gasteiger partial charge in [0.05, 0.1) is 20.3 Å². The molecule has 0 amide bonds. The zero-order valence-electron chi connectivity index (χ0n) is 12.0. The Kier molecular flexibility index (Phi) is 5.63. The largest absolute Gasteiger partial charge is 0.496 e. The van der Waals surface area contributed by atoms with E-state index in [0.29, 0.717) is 13.2 Å². The third-order valence-electron chi connectivity index (χ3n) is 3.49. The topological polar surface area (TPSA) is 44.5 Å². The van der Waals surface area contributed by atoms with Crippen LogP contribution in [0, 0.1) is 6.92 Å². The van der Waals surface area contributed by atoms with Crippen LogP contribution in [0.5, 0.6) is 5.75 Å². The second kappa shape index (κ2) is 6.76. The Balaban J connectivity index is 2.60. The van der Waals surface area contributed by atoms with E-state index in [1.807, 2.05) is 12.1 Å². The molecule has 3 nitrogen and oxygen atoms in total. The van der Waals surface area contributed by atoms with Crippen molar-refractivity contribution in [2.45, 2.75) is 45.8 Å². The van der Waals surface area contributed by atoms with Crippen molar-refractivity contribution >= 4 is 0 Å². The van der Waals surface area contributed by atoms with Gasteiger partial charge in [0, 0.05) is 11.1 Å². The van der Waals surface area contributed by atoms with E-state index in [0.717, 1.165) is 24.2 Å². The summed E-state index contributed by atoms with van der Waals surface area (Å²) in [6.45, 7) is 7.38. The average Bonchev–Trinajstić information content (AvgIpc) is 2.39. The molecule has 0 heterocycles. The van der Waals surface area contributed by atoms with Gasteiger partial charge in [0.2, 0.25) is 0 Å². The van der Waals surface area contributed by atoms with Crippen LogP contribution in [0.2, 0.25) is 0 Å². The lowest BCUT2D eigenvalue weighted by atomic mass is 9.96. The minimum atomic E-state index is -0.211. The highest BCUT2D eigenvalue weighted by Crippen LogP contribution is 2.21. The molecule has 3 heteroatoms. The molecule has 1 aromatic rings. The van der Waals surface area contributed by atoms with Crippen molar-refractivity contribution in [3.05, 3.63) is 29.3 Å². The van der Waals surface area contributed by atoms with Gasteiger partial charge in [0.25, 0.3) is 0 Å². The fourth-order valence-corrected chi connectivity index (χ4v) is 1.84. The Bertz CT molecular complexity index is 373. The average molecular weight is 251 g/mol. The van der Waals surface area contributed by atoms with Crippen molar-refractivity contribution in [3.8, 4) is 5.75 Å². The van der Waals surface area contributed by atoms with Crippen molar-refractivity contribution in [3.63, 3.8) is 0 Å². The van der Waals surface area contributed by atoms with Crippen LogP contribution in [0.3, 0.4) is 0 Å². The van der Waals surface area contributed by atoms with Gasteiger partial charge in [-0.05, 0) is 25.8 Å². The smallest absolute Gasteiger partial charge is 0.124 e. The van der Waals surface area contributed by atoms with Gasteiger partial charge >= 0.3 is 0 Å². The number of hydrogen-bond donors (Lipinski definition) is 1. The van der Waals surface area contributed by atoms with E-state index in [1.54, 1.807) is 7.11 Å². The van der Waals surface area contributed by atoms with Gasteiger partial charge in [0.1, 0.15) is 5.75 Å². The highest BCUT2D eigenvalue weighted by molar-refractivity contribution is 5.36. The summed E-state index contributed by atoms with van der Waals surface area (Å²) in [5, 5.41) is 0. The van der Waals surface area contributed by atoms with Crippen molar-refractivity contribution in [1.29, 1.82) is 0 Å². The Morgan fingerprint density at radius 2 is 1.89 bits per heavy atom. The molecular weight excluding hydrogens is 226 g/mol. The molecular formula is C15H25NO2. The lowest BCUT2D eigenvalue weighted by molar-refractivity contribution is 0.0684. The molecule has 0 aliphatic heterocycles. The van der Waals surface area contributed by atoms with Crippen LogP contribution in [0.4, 0.5) is 0 Å². The van der Waals surface area contributed by atoms with E-state index < -0.39 is 0 Å². The first-order valence-electron chi connectivity index (χ1n) is 6.54. The summed E-state index contributed by atoms with van der Waals surface area (Å²) in [6.07, 6.45) is 1.85. The first kappa shape index (κ1) is 15.0. The van der Waals surface area contributed by atoms with Gasteiger partial charge in [-0.25, -0.2) is 0 Å². The Morgan fingerprint density at radius 1 is 1.22 bits per heavy atom. The number of nitrogens with two attached hydrogens (primary N) is 1. The van der Waals surface area contributed by atoms with Gasteiger partial charge < -0.3 is 15.2 Å². The van der Waals surface area contributed by atoms with E-state index >= 15 is 0 Å². The molecule has 0 bridgehead atoms. The first-order chi connectivity index (χ1) is 8.54. The zero-order valence-corrected chi connectivity index (χ0v) is 12.0. The van der Waals surface area contributed by atoms with E-state index in [4.69, 9.17) is 15.2 Å². The summed E-state index contributed by atoms with van der Waals surface area (Å²) < 4.78 is 11.1. The lowest BCUT2D eigenvalue weighted by Gasteiger charge is -2.26. The maximum Gasteiger partial charge on any atom is 0.124 e. The second-order valence-electron chi connectivity index (χ2n) is 4.88. The maximum atomic E-state index is 6.20. The Morgan fingerprint density at radius 3 is 2.44 bits per heavy atom. The minimum Gasteiger partial charge on any atom is -0.496 e. The summed E-state index contributed by atoms with van der Waals surface area (Å²) in [4.78, 5) is 0. The normalized spacial score (nSPS) is 11.6. The standard InChI is InChI=1S/C15H25NO2/c1-5-15(16,6-2)11-18-10-13-9-12(3)7-8-14(13)17-4/h7-9H,5-6,10-11,16H2,1-4H3. The summed E-state index contributed by atoms with van der Waals surface area (Å²) in [5.41, 5.74) is 8.28. The van der Waals surface area contributed by atoms with Crippen molar-refractivity contribution in [2.24, 2.45) is 5.73 Å². The molecule has 0 aliphatic carbocycles. The highest BCUT2D eigenvalue weighted by Gasteiger charge is 2.20. The van der Waals surface area contributed by atoms with Crippen LogP contribution in [-0.4, -0.2) is 19.3 Å². The van der Waals surface area contributed by atoms with Gasteiger partial charge in [-0.3, -0.25) is 0 Å². The molecule has 0 spiro atoms. The molecule has 1 rings (SSSR count). The molecule has 0 unspecified atom stereocenters. The second-order valence-corrected chi connectivity index (χ2v) is 4.88. The van der Waals surface area contributed by atoms with E-state index in [-0.39, 0.29) is 5.54 Å². The monoisotopic (exact) mass is 251 g/mol. The van der Waals surface area contributed by atoms with Gasteiger partial charge in [-0.2, -0.15) is 0 Å².